The van der Waals surface area contributed by atoms with Crippen LogP contribution in [-0.2, 0) is 39.3 Å². The normalized spacial score (nSPS) is 24.2. The quantitative estimate of drug-likeness (QED) is 0.0851. The van der Waals surface area contributed by atoms with Gasteiger partial charge in [0.05, 0.1) is 0 Å². The van der Waals surface area contributed by atoms with E-state index in [2.05, 4.69) is 141 Å². The molecule has 3 saturated carbocycles. The van der Waals surface area contributed by atoms with E-state index in [4.69, 9.17) is 0 Å². The summed E-state index contributed by atoms with van der Waals surface area (Å²) in [5.41, 5.74) is 12.1. The van der Waals surface area contributed by atoms with Crippen LogP contribution in [0.3, 0.4) is 0 Å². The lowest BCUT2D eigenvalue weighted by Gasteiger charge is -2.34. The lowest BCUT2D eigenvalue weighted by molar-refractivity contribution is 0.277. The van der Waals surface area contributed by atoms with Crippen molar-refractivity contribution in [1.82, 2.24) is 31.9 Å². The van der Waals surface area contributed by atoms with Crippen molar-refractivity contribution in [2.45, 2.75) is 153 Å². The molecule has 9 N–H and O–H groups in total. The maximum atomic E-state index is 12.1. The van der Waals surface area contributed by atoms with Gasteiger partial charge in [-0.05, 0) is 108 Å². The predicted octanol–water partition coefficient (Wildman–Crippen LogP) is 10.7. The highest BCUT2D eigenvalue weighted by atomic mass is 16.3. The van der Waals surface area contributed by atoms with Crippen LogP contribution in [0.4, 0.5) is 0 Å². The fraction of sp³-hybridized carbons (Fsp3) is 0.400. The van der Waals surface area contributed by atoms with Gasteiger partial charge in [0.15, 0.2) is 0 Å². The first-order valence-electron chi connectivity index (χ1n) is 26.0. The summed E-state index contributed by atoms with van der Waals surface area (Å²) in [5, 5.41) is 59.8. The molecule has 4 aliphatic rings. The molecule has 0 unspecified atom stereocenters. The van der Waals surface area contributed by atoms with E-state index in [1.165, 1.54) is 0 Å². The molecule has 9 nitrogen and oxygen atoms in total. The summed E-state index contributed by atoms with van der Waals surface area (Å²) in [6, 6.07) is 45.7. The van der Waals surface area contributed by atoms with Crippen LogP contribution in [0.1, 0.15) is 110 Å². The van der Waals surface area contributed by atoms with Gasteiger partial charge in [0.1, 0.15) is 17.2 Å². The molecule has 9 heteroatoms. The van der Waals surface area contributed by atoms with E-state index >= 15 is 0 Å². The second-order valence-electron chi connectivity index (χ2n) is 20.3. The zero-order chi connectivity index (χ0) is 46.9. The Morgan fingerprint density at radius 3 is 0.638 bits per heavy atom. The van der Waals surface area contributed by atoms with Crippen LogP contribution in [0, 0.1) is 0 Å². The largest absolute Gasteiger partial charge is 0.507 e. The summed E-state index contributed by atoms with van der Waals surface area (Å²) in [5.74, 6) is 1.04. The number of phenolic OH excluding ortho intramolecular Hbond substituents is 3. The van der Waals surface area contributed by atoms with Crippen molar-refractivity contribution < 1.29 is 15.3 Å². The Morgan fingerprint density at radius 1 is 0.261 bits per heavy atom. The molecule has 1 aliphatic heterocycles. The van der Waals surface area contributed by atoms with E-state index in [-0.39, 0.29) is 36.3 Å². The van der Waals surface area contributed by atoms with Crippen LogP contribution in [0.15, 0.2) is 127 Å². The maximum absolute atomic E-state index is 12.1. The van der Waals surface area contributed by atoms with Crippen LogP contribution in [-0.4, -0.2) is 51.6 Å². The molecule has 69 heavy (non-hydrogen) atoms. The molecular weight excluding hydrogens is 853 g/mol. The molecule has 6 aromatic rings. The van der Waals surface area contributed by atoms with Gasteiger partial charge in [-0.25, -0.2) is 0 Å². The van der Waals surface area contributed by atoms with Crippen molar-refractivity contribution in [2.75, 3.05) is 0 Å². The summed E-state index contributed by atoms with van der Waals surface area (Å²) in [6.07, 6.45) is 13.1. The zero-order valence-corrected chi connectivity index (χ0v) is 40.2. The van der Waals surface area contributed by atoms with Gasteiger partial charge in [0, 0.05) is 109 Å². The van der Waals surface area contributed by atoms with E-state index in [0.717, 1.165) is 144 Å². The predicted molar refractivity (Wildman–Crippen MR) is 280 cm³/mol. The molecule has 6 bridgehead atoms. The SMILES string of the molecule is Oc1c2cc(-c3ccccc3)cc1CN[C@@H]1CCCC[C@H]1NCc1cc(-c3ccccc3)cc(c1O)CN[C@@H]1CCCC[C@H]1NCc1cc(-c3ccccc3)cc(c1O)CN[C@@H]1CCCC[C@H]1NC2. The van der Waals surface area contributed by atoms with Crippen LogP contribution < -0.4 is 31.9 Å². The van der Waals surface area contributed by atoms with Crippen LogP contribution in [0.2, 0.25) is 0 Å². The molecule has 0 aromatic heterocycles. The van der Waals surface area contributed by atoms with Crippen LogP contribution in [0.5, 0.6) is 17.2 Å². The number of rotatable bonds is 3. The smallest absolute Gasteiger partial charge is 0.124 e. The van der Waals surface area contributed by atoms with Gasteiger partial charge < -0.3 is 47.2 Å². The molecule has 0 amide bonds. The molecule has 3 aliphatic carbocycles. The van der Waals surface area contributed by atoms with Crippen LogP contribution in [0.25, 0.3) is 33.4 Å². The molecule has 1 heterocycles. The Kier molecular flexibility index (Phi) is 15.4. The number of phenols is 3. The van der Waals surface area contributed by atoms with Gasteiger partial charge in [0.2, 0.25) is 0 Å². The molecule has 10 rings (SSSR count). The molecular formula is C60H72N6O3. The lowest BCUT2D eigenvalue weighted by Crippen LogP contribution is -2.49. The highest BCUT2D eigenvalue weighted by Crippen LogP contribution is 2.36. The molecule has 6 atom stereocenters. The first-order chi connectivity index (χ1) is 33.9. The number of hydrogen-bond acceptors (Lipinski definition) is 9. The number of aromatic hydroxyl groups is 3. The highest BCUT2D eigenvalue weighted by molar-refractivity contribution is 5.69. The van der Waals surface area contributed by atoms with Gasteiger partial charge in [-0.15, -0.1) is 0 Å². The third-order valence-corrected chi connectivity index (χ3v) is 15.8. The van der Waals surface area contributed by atoms with E-state index in [9.17, 15) is 15.3 Å². The Hall–Kier alpha value is -5.52. The Bertz CT molecular complexity index is 2230. The topological polar surface area (TPSA) is 133 Å². The average Bonchev–Trinajstić information content (AvgIpc) is 3.40. The first-order valence-corrected chi connectivity index (χ1v) is 26.0. The summed E-state index contributed by atoms with van der Waals surface area (Å²) in [4.78, 5) is 0. The molecule has 0 radical (unpaired) electrons. The van der Waals surface area contributed by atoms with Gasteiger partial charge in [0.25, 0.3) is 0 Å². The molecule has 360 valence electrons. The second kappa shape index (κ2) is 22.5. The van der Waals surface area contributed by atoms with Gasteiger partial charge >= 0.3 is 0 Å². The fourth-order valence-electron chi connectivity index (χ4n) is 11.8. The summed E-state index contributed by atoms with van der Waals surface area (Å²) < 4.78 is 0. The minimum absolute atomic E-state index is 0.205. The van der Waals surface area contributed by atoms with Gasteiger partial charge in [-0.3, -0.25) is 0 Å². The average molecular weight is 925 g/mol. The van der Waals surface area contributed by atoms with E-state index in [1.54, 1.807) is 0 Å². The third kappa shape index (κ3) is 11.4. The Balaban J connectivity index is 0.998. The maximum Gasteiger partial charge on any atom is 0.124 e. The van der Waals surface area contributed by atoms with Crippen molar-refractivity contribution >= 4 is 0 Å². The highest BCUT2D eigenvalue weighted by Gasteiger charge is 2.29. The van der Waals surface area contributed by atoms with Crippen molar-refractivity contribution in [2.24, 2.45) is 0 Å². The van der Waals surface area contributed by atoms with Crippen molar-refractivity contribution in [1.29, 1.82) is 0 Å². The van der Waals surface area contributed by atoms with Crippen LogP contribution >= 0.6 is 0 Å². The summed E-state index contributed by atoms with van der Waals surface area (Å²) in [6.45, 7) is 3.28. The minimum atomic E-state index is 0.205. The van der Waals surface area contributed by atoms with Gasteiger partial charge in [-0.2, -0.15) is 0 Å². The van der Waals surface area contributed by atoms with Crippen molar-refractivity contribution in [3.05, 3.63) is 161 Å². The third-order valence-electron chi connectivity index (χ3n) is 15.8. The minimum Gasteiger partial charge on any atom is -0.507 e. The zero-order valence-electron chi connectivity index (χ0n) is 40.2. The summed E-state index contributed by atoms with van der Waals surface area (Å²) >= 11 is 0. The number of nitrogens with one attached hydrogen (secondary N) is 6. The van der Waals surface area contributed by atoms with Crippen molar-refractivity contribution in [3.63, 3.8) is 0 Å². The molecule has 6 aromatic carbocycles. The van der Waals surface area contributed by atoms with E-state index in [0.29, 0.717) is 56.5 Å². The fourth-order valence-corrected chi connectivity index (χ4v) is 11.8. The molecule has 0 spiro atoms. The van der Waals surface area contributed by atoms with E-state index < -0.39 is 0 Å². The molecule has 3 fully saturated rings. The number of hydrogen-bond donors (Lipinski definition) is 9. The lowest BCUT2D eigenvalue weighted by atomic mass is 9.89. The standard InChI is InChI=1S/C60H72N6O3/c67-58-46-28-43(40-16-4-1-5-17-40)29-47(58)35-62-53-23-11-13-25-55(53)64-37-49-31-45(42-20-8-3-9-21-42)33-51(60(49)69)39-66-57-27-15-14-26-56(57)65-38-50-32-44(41-18-6-2-7-19-41)30-48(59(50)68)36-63-54-24-12-10-22-52(54)61-34-46/h1-9,16-21,28-33,52-57,61-69H,10-15,22-27,34-39H2/t52-,53-,54-,55-,56-,57-/m1/s1. The Labute approximate surface area is 409 Å². The number of benzene rings is 6. The Morgan fingerprint density at radius 2 is 0.449 bits per heavy atom. The monoisotopic (exact) mass is 925 g/mol. The second-order valence-corrected chi connectivity index (χ2v) is 20.3. The van der Waals surface area contributed by atoms with Crippen molar-refractivity contribution in [3.8, 4) is 50.6 Å². The molecule has 0 saturated heterocycles. The number of fused-ring (bicyclic) bond motifs is 9. The van der Waals surface area contributed by atoms with E-state index in [1.807, 2.05) is 18.2 Å². The first kappa shape index (κ1) is 47.2. The summed E-state index contributed by atoms with van der Waals surface area (Å²) in [7, 11) is 0. The van der Waals surface area contributed by atoms with Gasteiger partial charge in [-0.1, -0.05) is 130 Å².